The topological polar surface area (TPSA) is 66.8 Å². The molecule has 1 N–H and O–H groups in total. The van der Waals surface area contributed by atoms with Crippen LogP contribution in [0.3, 0.4) is 0 Å². The summed E-state index contributed by atoms with van der Waals surface area (Å²) in [6.45, 7) is 2.38. The van der Waals surface area contributed by atoms with Crippen LogP contribution in [0.2, 0.25) is 0 Å². The Morgan fingerprint density at radius 3 is 2.81 bits per heavy atom. The highest BCUT2D eigenvalue weighted by atomic mass is 32.1. The molecule has 1 saturated heterocycles. The van der Waals surface area contributed by atoms with Crippen molar-refractivity contribution in [3.8, 4) is 0 Å². The Labute approximate surface area is 127 Å². The van der Waals surface area contributed by atoms with Crippen LogP contribution < -0.4 is 0 Å². The zero-order valence-electron chi connectivity index (χ0n) is 12.0. The van der Waals surface area contributed by atoms with E-state index in [-0.39, 0.29) is 18.6 Å². The summed E-state index contributed by atoms with van der Waals surface area (Å²) < 4.78 is 5.36. The van der Waals surface area contributed by atoms with Gasteiger partial charge in [-0.1, -0.05) is 0 Å². The lowest BCUT2D eigenvalue weighted by molar-refractivity contribution is -0.160. The van der Waals surface area contributed by atoms with Gasteiger partial charge in [0.25, 0.3) is 5.91 Å². The molecule has 3 rings (SSSR count). The second-order valence-electron chi connectivity index (χ2n) is 5.75. The average molecular weight is 309 g/mol. The number of aliphatic carboxylic acids is 1. The molecule has 6 heteroatoms. The number of carboxylic acids is 1. The Balaban J connectivity index is 1.77. The second kappa shape index (κ2) is 5.77. The monoisotopic (exact) mass is 309 g/mol. The molecule has 1 fully saturated rings. The van der Waals surface area contributed by atoms with Crippen LogP contribution in [0.4, 0.5) is 0 Å². The number of thiophene rings is 1. The number of morpholine rings is 1. The van der Waals surface area contributed by atoms with E-state index < -0.39 is 12.1 Å². The molecular formula is C15H19NO4S. The molecule has 2 aliphatic rings. The fourth-order valence-electron chi connectivity index (χ4n) is 3.01. The van der Waals surface area contributed by atoms with Crippen molar-refractivity contribution in [2.24, 2.45) is 0 Å². The van der Waals surface area contributed by atoms with E-state index in [1.165, 1.54) is 23.3 Å². The van der Waals surface area contributed by atoms with Crippen molar-refractivity contribution in [2.45, 2.75) is 44.8 Å². The van der Waals surface area contributed by atoms with Gasteiger partial charge in [-0.05, 0) is 44.2 Å². The van der Waals surface area contributed by atoms with Crippen LogP contribution >= 0.6 is 11.3 Å². The van der Waals surface area contributed by atoms with Crippen molar-refractivity contribution in [1.82, 2.24) is 4.90 Å². The second-order valence-corrected chi connectivity index (χ2v) is 6.89. The first-order valence-corrected chi connectivity index (χ1v) is 8.15. The van der Waals surface area contributed by atoms with Crippen LogP contribution in [-0.2, 0) is 22.4 Å². The van der Waals surface area contributed by atoms with Gasteiger partial charge in [-0.3, -0.25) is 4.79 Å². The minimum Gasteiger partial charge on any atom is -0.479 e. The molecule has 114 valence electrons. The predicted molar refractivity (Wildman–Crippen MR) is 78.8 cm³/mol. The molecule has 1 aliphatic heterocycles. The summed E-state index contributed by atoms with van der Waals surface area (Å²) in [6.07, 6.45) is 3.32. The van der Waals surface area contributed by atoms with Crippen molar-refractivity contribution in [3.05, 3.63) is 21.4 Å². The molecule has 1 aliphatic carbocycles. The summed E-state index contributed by atoms with van der Waals surface area (Å²) in [5.41, 5.74) is 1.30. The van der Waals surface area contributed by atoms with Gasteiger partial charge in [0.1, 0.15) is 0 Å². The van der Waals surface area contributed by atoms with Crippen LogP contribution in [0.25, 0.3) is 0 Å². The minimum atomic E-state index is -1.01. The van der Waals surface area contributed by atoms with Crippen molar-refractivity contribution >= 4 is 23.2 Å². The molecule has 0 spiro atoms. The summed E-state index contributed by atoms with van der Waals surface area (Å²) in [4.78, 5) is 27.4. The van der Waals surface area contributed by atoms with Gasteiger partial charge in [0.2, 0.25) is 0 Å². The Hall–Kier alpha value is -1.40. The SMILES string of the molecule is C[C@@H]1CN(C(=O)c2cc3c(s2)CCCC3)CC(C(=O)O)O1. The number of carbonyl (C=O) groups is 2. The Morgan fingerprint density at radius 1 is 1.33 bits per heavy atom. The van der Waals surface area contributed by atoms with Gasteiger partial charge >= 0.3 is 5.97 Å². The number of fused-ring (bicyclic) bond motifs is 1. The Morgan fingerprint density at radius 2 is 2.10 bits per heavy atom. The molecule has 1 unspecified atom stereocenters. The molecule has 2 atom stereocenters. The highest BCUT2D eigenvalue weighted by Gasteiger charge is 2.33. The molecule has 0 radical (unpaired) electrons. The van der Waals surface area contributed by atoms with Gasteiger partial charge in [-0.2, -0.15) is 0 Å². The first-order valence-electron chi connectivity index (χ1n) is 7.33. The third-order valence-electron chi connectivity index (χ3n) is 4.03. The van der Waals surface area contributed by atoms with Gasteiger partial charge in [0.15, 0.2) is 6.10 Å². The molecule has 1 aromatic heterocycles. The third-order valence-corrected chi connectivity index (χ3v) is 5.26. The van der Waals surface area contributed by atoms with E-state index in [0.29, 0.717) is 6.54 Å². The summed E-state index contributed by atoms with van der Waals surface area (Å²) in [6, 6.07) is 2.00. The number of amides is 1. The number of rotatable bonds is 2. The summed E-state index contributed by atoms with van der Waals surface area (Å²) in [5, 5.41) is 9.10. The van der Waals surface area contributed by atoms with Gasteiger partial charge in [-0.15, -0.1) is 11.3 Å². The molecule has 0 saturated carbocycles. The molecule has 5 nitrogen and oxygen atoms in total. The van der Waals surface area contributed by atoms with Crippen molar-refractivity contribution in [1.29, 1.82) is 0 Å². The van der Waals surface area contributed by atoms with Crippen molar-refractivity contribution in [3.63, 3.8) is 0 Å². The summed E-state index contributed by atoms with van der Waals surface area (Å²) >= 11 is 1.57. The fraction of sp³-hybridized carbons (Fsp3) is 0.600. The predicted octanol–water partition coefficient (Wildman–Crippen LogP) is 1.94. The molecule has 0 aromatic carbocycles. The minimum absolute atomic E-state index is 0.0594. The van der Waals surface area contributed by atoms with E-state index in [4.69, 9.17) is 9.84 Å². The number of carbonyl (C=O) groups excluding carboxylic acids is 1. The van der Waals surface area contributed by atoms with Gasteiger partial charge < -0.3 is 14.7 Å². The summed E-state index contributed by atoms with van der Waals surface area (Å²) in [7, 11) is 0. The number of ether oxygens (including phenoxy) is 1. The zero-order valence-corrected chi connectivity index (χ0v) is 12.8. The first kappa shape index (κ1) is 14.5. The van der Waals surface area contributed by atoms with Crippen LogP contribution in [0.1, 0.15) is 39.9 Å². The fourth-order valence-corrected chi connectivity index (χ4v) is 4.23. The van der Waals surface area contributed by atoms with Crippen LogP contribution in [0.5, 0.6) is 0 Å². The van der Waals surface area contributed by atoms with Gasteiger partial charge in [-0.25, -0.2) is 4.79 Å². The molecule has 2 heterocycles. The van der Waals surface area contributed by atoms with Gasteiger partial charge in [0, 0.05) is 11.4 Å². The van der Waals surface area contributed by atoms with Gasteiger partial charge in [0.05, 0.1) is 17.5 Å². The number of hydrogen-bond acceptors (Lipinski definition) is 4. The van der Waals surface area contributed by atoms with E-state index >= 15 is 0 Å². The number of nitrogens with zero attached hydrogens (tertiary/aromatic N) is 1. The van der Waals surface area contributed by atoms with Crippen molar-refractivity contribution in [2.75, 3.05) is 13.1 Å². The first-order chi connectivity index (χ1) is 10.0. The molecule has 1 aromatic rings. The van der Waals surface area contributed by atoms with Crippen LogP contribution in [-0.4, -0.2) is 47.2 Å². The third kappa shape index (κ3) is 2.96. The zero-order chi connectivity index (χ0) is 15.0. The van der Waals surface area contributed by atoms with E-state index in [1.54, 1.807) is 23.2 Å². The maximum absolute atomic E-state index is 12.6. The van der Waals surface area contributed by atoms with E-state index in [0.717, 1.165) is 17.7 Å². The number of aryl methyl sites for hydroxylation is 2. The van der Waals surface area contributed by atoms with Crippen LogP contribution in [0, 0.1) is 0 Å². The molecule has 21 heavy (non-hydrogen) atoms. The normalized spacial score (nSPS) is 25.5. The number of carboxylic acid groups (broad SMARTS) is 1. The van der Waals surface area contributed by atoms with E-state index in [9.17, 15) is 9.59 Å². The lowest BCUT2D eigenvalue weighted by Crippen LogP contribution is -2.51. The quantitative estimate of drug-likeness (QED) is 0.906. The Kier molecular flexibility index (Phi) is 3.99. The molecule has 1 amide bonds. The summed E-state index contributed by atoms with van der Waals surface area (Å²) in [5.74, 6) is -1.07. The Bertz CT molecular complexity index is 545. The highest BCUT2D eigenvalue weighted by molar-refractivity contribution is 7.14. The smallest absolute Gasteiger partial charge is 0.334 e. The maximum Gasteiger partial charge on any atom is 0.334 e. The lowest BCUT2D eigenvalue weighted by Gasteiger charge is -2.34. The largest absolute Gasteiger partial charge is 0.479 e. The highest BCUT2D eigenvalue weighted by Crippen LogP contribution is 2.30. The van der Waals surface area contributed by atoms with E-state index in [2.05, 4.69) is 0 Å². The average Bonchev–Trinajstić information content (AvgIpc) is 2.89. The van der Waals surface area contributed by atoms with E-state index in [1.807, 2.05) is 6.07 Å². The molecule has 0 bridgehead atoms. The number of hydrogen-bond donors (Lipinski definition) is 1. The molecular weight excluding hydrogens is 290 g/mol. The standard InChI is InChI=1S/C15H19NO4S/c1-9-7-16(8-11(20-9)15(18)19)14(17)13-6-10-4-2-3-5-12(10)21-13/h6,9,11H,2-5,7-8H2,1H3,(H,18,19)/t9-,11?/m1/s1. The van der Waals surface area contributed by atoms with Crippen LogP contribution in [0.15, 0.2) is 6.07 Å². The lowest BCUT2D eigenvalue weighted by atomic mass is 9.99. The maximum atomic E-state index is 12.6. The van der Waals surface area contributed by atoms with Crippen molar-refractivity contribution < 1.29 is 19.4 Å².